The number of anilines is 2. The largest absolute Gasteiger partial charge is 0.360 e. The Hall–Kier alpha value is -2.78. The van der Waals surface area contributed by atoms with E-state index in [-0.39, 0.29) is 17.5 Å². The lowest BCUT2D eigenvalue weighted by Crippen LogP contribution is -2.43. The second-order valence-electron chi connectivity index (χ2n) is 8.57. The molecule has 0 spiro atoms. The molecular formula is C25H25ClN2O. The molecule has 3 aromatic rings. The summed E-state index contributed by atoms with van der Waals surface area (Å²) in [7, 11) is 0. The smallest absolute Gasteiger partial charge is 0.262 e. The number of fused-ring (bicyclic) bond motifs is 1. The van der Waals surface area contributed by atoms with E-state index < -0.39 is 0 Å². The lowest BCUT2D eigenvalue weighted by Gasteiger charge is -2.38. The zero-order valence-corrected chi connectivity index (χ0v) is 17.9. The maximum Gasteiger partial charge on any atom is 0.262 e. The summed E-state index contributed by atoms with van der Waals surface area (Å²) in [6, 6.07) is 21.9. The van der Waals surface area contributed by atoms with E-state index >= 15 is 0 Å². The molecule has 0 radical (unpaired) electrons. The molecule has 1 heterocycles. The van der Waals surface area contributed by atoms with E-state index in [1.54, 1.807) is 4.90 Å². The van der Waals surface area contributed by atoms with Gasteiger partial charge in [0.2, 0.25) is 0 Å². The van der Waals surface area contributed by atoms with Crippen LogP contribution in [0, 0.1) is 6.92 Å². The van der Waals surface area contributed by atoms with Crippen molar-refractivity contribution >= 4 is 28.9 Å². The van der Waals surface area contributed by atoms with Gasteiger partial charge in [0.1, 0.15) is 6.17 Å². The molecule has 1 atom stereocenters. The number of nitrogens with one attached hydrogen (secondary N) is 1. The van der Waals surface area contributed by atoms with Gasteiger partial charge in [-0.1, -0.05) is 74.8 Å². The Morgan fingerprint density at radius 3 is 2.31 bits per heavy atom. The standard InChI is InChI=1S/C25H25ClN2O/c1-16-9-14-19(15-21(16)26)28-23(17-10-12-18(13-11-17)25(2,3)4)27-22-8-6-5-7-20(22)24(28)29/h5-15,23,27H,1-4H3/t23-/m1/s1. The number of nitrogens with zero attached hydrogens (tertiary/aromatic N) is 1. The van der Waals surface area contributed by atoms with E-state index in [9.17, 15) is 4.79 Å². The minimum Gasteiger partial charge on any atom is -0.360 e. The molecule has 0 aromatic heterocycles. The van der Waals surface area contributed by atoms with Crippen LogP contribution in [0.5, 0.6) is 0 Å². The van der Waals surface area contributed by atoms with E-state index in [0.29, 0.717) is 10.6 Å². The van der Waals surface area contributed by atoms with Gasteiger partial charge in [0.25, 0.3) is 5.91 Å². The quantitative estimate of drug-likeness (QED) is 0.514. The van der Waals surface area contributed by atoms with Gasteiger partial charge >= 0.3 is 0 Å². The first-order valence-electron chi connectivity index (χ1n) is 9.81. The summed E-state index contributed by atoms with van der Waals surface area (Å²) in [6.45, 7) is 8.55. The van der Waals surface area contributed by atoms with Crippen LogP contribution in [0.25, 0.3) is 0 Å². The van der Waals surface area contributed by atoms with Crippen molar-refractivity contribution in [2.75, 3.05) is 10.2 Å². The molecule has 0 saturated heterocycles. The number of carbonyl (C=O) groups excluding carboxylic acids is 1. The summed E-state index contributed by atoms with van der Waals surface area (Å²) in [4.78, 5) is 15.3. The molecule has 4 heteroatoms. The summed E-state index contributed by atoms with van der Waals surface area (Å²) >= 11 is 6.39. The van der Waals surface area contributed by atoms with Crippen molar-refractivity contribution in [1.82, 2.24) is 0 Å². The SMILES string of the molecule is Cc1ccc(N2C(=O)c3ccccc3N[C@H]2c2ccc(C(C)(C)C)cc2)cc1Cl. The summed E-state index contributed by atoms with van der Waals surface area (Å²) in [5, 5.41) is 4.20. The predicted molar refractivity (Wildman–Crippen MR) is 121 cm³/mol. The molecule has 0 unspecified atom stereocenters. The van der Waals surface area contributed by atoms with E-state index in [0.717, 1.165) is 22.5 Å². The summed E-state index contributed by atoms with van der Waals surface area (Å²) in [5.41, 5.74) is 5.62. The molecule has 0 aliphatic carbocycles. The van der Waals surface area contributed by atoms with Crippen LogP contribution in [0.2, 0.25) is 5.02 Å². The fourth-order valence-electron chi connectivity index (χ4n) is 3.65. The molecule has 0 bridgehead atoms. The minimum absolute atomic E-state index is 0.0378. The monoisotopic (exact) mass is 404 g/mol. The molecular weight excluding hydrogens is 380 g/mol. The first-order chi connectivity index (χ1) is 13.8. The zero-order chi connectivity index (χ0) is 20.8. The van der Waals surface area contributed by atoms with Gasteiger partial charge < -0.3 is 5.32 Å². The van der Waals surface area contributed by atoms with Crippen molar-refractivity contribution in [3.8, 4) is 0 Å². The van der Waals surface area contributed by atoms with E-state index in [1.807, 2.05) is 49.4 Å². The molecule has 1 aliphatic heterocycles. The Kier molecular flexibility index (Phi) is 4.87. The molecule has 3 aromatic carbocycles. The number of hydrogen-bond acceptors (Lipinski definition) is 2. The number of hydrogen-bond donors (Lipinski definition) is 1. The van der Waals surface area contributed by atoms with Crippen molar-refractivity contribution in [1.29, 1.82) is 0 Å². The Morgan fingerprint density at radius 1 is 0.966 bits per heavy atom. The number of rotatable bonds is 2. The average molecular weight is 405 g/mol. The van der Waals surface area contributed by atoms with E-state index in [2.05, 4.69) is 50.4 Å². The van der Waals surface area contributed by atoms with Crippen LogP contribution in [0.4, 0.5) is 11.4 Å². The molecule has 0 saturated carbocycles. The fraction of sp³-hybridized carbons (Fsp3) is 0.240. The Labute approximate surface area is 177 Å². The highest BCUT2D eigenvalue weighted by Gasteiger charge is 2.34. The lowest BCUT2D eigenvalue weighted by molar-refractivity contribution is 0.0975. The molecule has 3 nitrogen and oxygen atoms in total. The third kappa shape index (κ3) is 3.63. The first kappa shape index (κ1) is 19.5. The maximum atomic E-state index is 13.5. The highest BCUT2D eigenvalue weighted by molar-refractivity contribution is 6.31. The molecule has 1 N–H and O–H groups in total. The summed E-state index contributed by atoms with van der Waals surface area (Å²) in [6.07, 6.45) is -0.315. The topological polar surface area (TPSA) is 32.3 Å². The highest BCUT2D eigenvalue weighted by atomic mass is 35.5. The summed E-state index contributed by atoms with van der Waals surface area (Å²) in [5.74, 6) is -0.0378. The zero-order valence-electron chi connectivity index (χ0n) is 17.2. The van der Waals surface area contributed by atoms with Gasteiger partial charge in [-0.2, -0.15) is 0 Å². The normalized spacial score (nSPS) is 16.4. The first-order valence-corrected chi connectivity index (χ1v) is 10.2. The molecule has 4 rings (SSSR count). The second kappa shape index (κ2) is 7.23. The van der Waals surface area contributed by atoms with Gasteiger partial charge in [-0.3, -0.25) is 9.69 Å². The Bertz CT molecular complexity index is 1070. The van der Waals surface area contributed by atoms with Gasteiger partial charge in [-0.05, 0) is 53.3 Å². The second-order valence-corrected chi connectivity index (χ2v) is 8.98. The van der Waals surface area contributed by atoms with E-state index in [1.165, 1.54) is 5.56 Å². The number of para-hydroxylation sites is 1. The van der Waals surface area contributed by atoms with Crippen molar-refractivity contribution in [3.05, 3.63) is 94.0 Å². The van der Waals surface area contributed by atoms with Crippen LogP contribution in [0.3, 0.4) is 0 Å². The van der Waals surface area contributed by atoms with Gasteiger partial charge in [-0.15, -0.1) is 0 Å². The molecule has 1 amide bonds. The predicted octanol–water partition coefficient (Wildman–Crippen LogP) is 6.72. The van der Waals surface area contributed by atoms with Crippen molar-refractivity contribution in [2.24, 2.45) is 0 Å². The number of benzene rings is 3. The molecule has 0 fully saturated rings. The third-order valence-corrected chi connectivity index (χ3v) is 5.86. The number of halogens is 1. The number of amides is 1. The van der Waals surface area contributed by atoms with E-state index in [4.69, 9.17) is 11.6 Å². The Morgan fingerprint density at radius 2 is 1.66 bits per heavy atom. The van der Waals surface area contributed by atoms with Crippen molar-refractivity contribution in [3.63, 3.8) is 0 Å². The molecule has 29 heavy (non-hydrogen) atoms. The van der Waals surface area contributed by atoms with Crippen LogP contribution in [-0.2, 0) is 5.41 Å². The van der Waals surface area contributed by atoms with Gasteiger partial charge in [0.15, 0.2) is 0 Å². The van der Waals surface area contributed by atoms with Crippen LogP contribution in [0.15, 0.2) is 66.7 Å². The highest BCUT2D eigenvalue weighted by Crippen LogP contribution is 2.38. The molecule has 1 aliphatic rings. The minimum atomic E-state index is -0.315. The fourth-order valence-corrected chi connectivity index (χ4v) is 3.82. The molecule has 148 valence electrons. The van der Waals surface area contributed by atoms with Crippen LogP contribution < -0.4 is 10.2 Å². The van der Waals surface area contributed by atoms with Crippen LogP contribution in [0.1, 0.15) is 54.0 Å². The number of aryl methyl sites for hydroxylation is 1. The van der Waals surface area contributed by atoms with Crippen molar-refractivity contribution < 1.29 is 4.79 Å². The van der Waals surface area contributed by atoms with Crippen LogP contribution >= 0.6 is 11.6 Å². The third-order valence-electron chi connectivity index (χ3n) is 5.45. The Balaban J connectivity index is 1.82. The maximum absolute atomic E-state index is 13.5. The summed E-state index contributed by atoms with van der Waals surface area (Å²) < 4.78 is 0. The van der Waals surface area contributed by atoms with Gasteiger partial charge in [0.05, 0.1) is 5.56 Å². The van der Waals surface area contributed by atoms with Gasteiger partial charge in [0, 0.05) is 16.4 Å². The lowest BCUT2D eigenvalue weighted by atomic mass is 9.86. The van der Waals surface area contributed by atoms with Crippen molar-refractivity contribution in [2.45, 2.75) is 39.3 Å². The van der Waals surface area contributed by atoms with Crippen LogP contribution in [-0.4, -0.2) is 5.91 Å². The van der Waals surface area contributed by atoms with Gasteiger partial charge in [-0.25, -0.2) is 0 Å². The number of carbonyl (C=O) groups is 1. The average Bonchev–Trinajstić information content (AvgIpc) is 2.70.